The van der Waals surface area contributed by atoms with Gasteiger partial charge in [0.15, 0.2) is 0 Å². The van der Waals surface area contributed by atoms with Crippen LogP contribution >= 0.6 is 0 Å². The first kappa shape index (κ1) is 13.5. The zero-order valence-electron chi connectivity index (χ0n) is 10.5. The van der Waals surface area contributed by atoms with Crippen molar-refractivity contribution in [3.63, 3.8) is 0 Å². The molecule has 2 heterocycles. The minimum Gasteiger partial charge on any atom is -0.299 e. The van der Waals surface area contributed by atoms with Crippen LogP contribution < -0.4 is 4.72 Å². The van der Waals surface area contributed by atoms with Crippen molar-refractivity contribution in [3.05, 3.63) is 24.5 Å². The van der Waals surface area contributed by atoms with Gasteiger partial charge in [-0.25, -0.2) is 13.1 Å². The Balaban J connectivity index is 1.98. The van der Waals surface area contributed by atoms with Crippen molar-refractivity contribution in [1.82, 2.24) is 14.6 Å². The van der Waals surface area contributed by atoms with E-state index in [0.29, 0.717) is 12.6 Å². The van der Waals surface area contributed by atoms with E-state index >= 15 is 0 Å². The van der Waals surface area contributed by atoms with Gasteiger partial charge in [0.1, 0.15) is 4.90 Å². The third kappa shape index (κ3) is 3.07. The molecule has 0 bridgehead atoms. The Hall–Kier alpha value is -0.980. The molecule has 1 aromatic heterocycles. The Kier molecular flexibility index (Phi) is 4.31. The van der Waals surface area contributed by atoms with Crippen molar-refractivity contribution in [1.29, 1.82) is 0 Å². The maximum Gasteiger partial charge on any atom is 0.242 e. The molecule has 0 radical (unpaired) electrons. The number of pyridine rings is 1. The lowest BCUT2D eigenvalue weighted by atomic mass is 10.2. The molecule has 0 aliphatic carbocycles. The van der Waals surface area contributed by atoms with Crippen molar-refractivity contribution in [3.8, 4) is 0 Å². The fourth-order valence-corrected chi connectivity index (χ4v) is 3.37. The molecule has 1 aliphatic heterocycles. The molecule has 5 nitrogen and oxygen atoms in total. The fraction of sp³-hybridized carbons (Fsp3) is 0.583. The summed E-state index contributed by atoms with van der Waals surface area (Å²) in [6.45, 7) is 4.62. The summed E-state index contributed by atoms with van der Waals surface area (Å²) >= 11 is 0. The summed E-state index contributed by atoms with van der Waals surface area (Å²) in [5, 5.41) is 0. The van der Waals surface area contributed by atoms with Gasteiger partial charge in [0, 0.05) is 25.0 Å². The van der Waals surface area contributed by atoms with E-state index < -0.39 is 10.0 Å². The first-order chi connectivity index (χ1) is 8.63. The average Bonchev–Trinajstić information content (AvgIpc) is 2.85. The molecule has 1 unspecified atom stereocenters. The van der Waals surface area contributed by atoms with Crippen molar-refractivity contribution >= 4 is 10.0 Å². The largest absolute Gasteiger partial charge is 0.299 e. The van der Waals surface area contributed by atoms with Crippen LogP contribution in [0, 0.1) is 0 Å². The maximum absolute atomic E-state index is 12.0. The van der Waals surface area contributed by atoms with E-state index in [1.807, 2.05) is 0 Å². The van der Waals surface area contributed by atoms with E-state index in [-0.39, 0.29) is 4.90 Å². The third-order valence-electron chi connectivity index (χ3n) is 3.36. The highest BCUT2D eigenvalue weighted by Crippen LogP contribution is 2.16. The van der Waals surface area contributed by atoms with Crippen molar-refractivity contribution < 1.29 is 8.42 Å². The van der Waals surface area contributed by atoms with E-state index in [1.54, 1.807) is 18.3 Å². The number of sulfonamides is 1. The molecule has 1 N–H and O–H groups in total. The second kappa shape index (κ2) is 5.77. The minimum absolute atomic E-state index is 0.228. The summed E-state index contributed by atoms with van der Waals surface area (Å²) in [5.41, 5.74) is 0. The quantitative estimate of drug-likeness (QED) is 0.860. The Labute approximate surface area is 108 Å². The second-order valence-corrected chi connectivity index (χ2v) is 6.23. The van der Waals surface area contributed by atoms with E-state index in [0.717, 1.165) is 25.9 Å². The third-order valence-corrected chi connectivity index (χ3v) is 4.77. The highest BCUT2D eigenvalue weighted by atomic mass is 32.2. The molecule has 1 saturated heterocycles. The van der Waals surface area contributed by atoms with Crippen LogP contribution in [0.5, 0.6) is 0 Å². The molecule has 2 rings (SSSR count). The topological polar surface area (TPSA) is 62.3 Å². The summed E-state index contributed by atoms with van der Waals surface area (Å²) in [6.07, 6.45) is 5.14. The molecule has 1 fully saturated rings. The summed E-state index contributed by atoms with van der Waals surface area (Å²) in [4.78, 5) is 6.37. The van der Waals surface area contributed by atoms with E-state index in [9.17, 15) is 8.42 Å². The van der Waals surface area contributed by atoms with Gasteiger partial charge in [-0.3, -0.25) is 9.88 Å². The summed E-state index contributed by atoms with van der Waals surface area (Å²) in [6, 6.07) is 3.51. The smallest absolute Gasteiger partial charge is 0.242 e. The number of likely N-dealkylation sites (N-methyl/N-ethyl adjacent to an activating group) is 1. The molecule has 0 amide bonds. The van der Waals surface area contributed by atoms with Gasteiger partial charge in [0.25, 0.3) is 0 Å². The monoisotopic (exact) mass is 269 g/mol. The van der Waals surface area contributed by atoms with E-state index in [4.69, 9.17) is 0 Å². The van der Waals surface area contributed by atoms with Gasteiger partial charge in [0.2, 0.25) is 10.0 Å². The molecule has 18 heavy (non-hydrogen) atoms. The van der Waals surface area contributed by atoms with Gasteiger partial charge in [-0.15, -0.1) is 0 Å². The summed E-state index contributed by atoms with van der Waals surface area (Å²) < 4.78 is 26.7. The van der Waals surface area contributed by atoms with E-state index in [1.165, 1.54) is 6.20 Å². The van der Waals surface area contributed by atoms with Gasteiger partial charge in [-0.2, -0.15) is 0 Å². The van der Waals surface area contributed by atoms with Gasteiger partial charge in [0.05, 0.1) is 0 Å². The number of hydrogen-bond donors (Lipinski definition) is 1. The molecule has 6 heteroatoms. The predicted molar refractivity (Wildman–Crippen MR) is 69.7 cm³/mol. The molecule has 0 saturated carbocycles. The maximum atomic E-state index is 12.0. The number of aromatic nitrogens is 1. The normalized spacial score (nSPS) is 21.3. The van der Waals surface area contributed by atoms with E-state index in [2.05, 4.69) is 21.5 Å². The fourth-order valence-electron chi connectivity index (χ4n) is 2.34. The Morgan fingerprint density at radius 1 is 1.56 bits per heavy atom. The molecule has 0 spiro atoms. The van der Waals surface area contributed by atoms with Crippen LogP contribution in [-0.4, -0.2) is 44.0 Å². The first-order valence-corrected chi connectivity index (χ1v) is 7.75. The van der Waals surface area contributed by atoms with Crippen LogP contribution in [0.4, 0.5) is 0 Å². The van der Waals surface area contributed by atoms with Crippen LogP contribution in [0.15, 0.2) is 29.4 Å². The predicted octanol–water partition coefficient (Wildman–Crippen LogP) is 0.844. The average molecular weight is 269 g/mol. The van der Waals surface area contributed by atoms with Gasteiger partial charge < -0.3 is 0 Å². The Bertz CT molecular complexity index is 475. The standard InChI is InChI=1S/C12H19N3O2S/c1-2-15-8-4-5-11(15)9-14-18(16,17)12-6-3-7-13-10-12/h3,6-7,10-11,14H,2,4-5,8-9H2,1H3. The lowest BCUT2D eigenvalue weighted by Crippen LogP contribution is -2.39. The Morgan fingerprint density at radius 2 is 2.39 bits per heavy atom. The zero-order chi connectivity index (χ0) is 13.0. The molecule has 1 atom stereocenters. The molecular weight excluding hydrogens is 250 g/mol. The molecule has 1 aromatic rings. The number of nitrogens with one attached hydrogen (secondary N) is 1. The van der Waals surface area contributed by atoms with Crippen LogP contribution in [-0.2, 0) is 10.0 Å². The lowest BCUT2D eigenvalue weighted by molar-refractivity contribution is 0.268. The van der Waals surface area contributed by atoms with Crippen molar-refractivity contribution in [2.45, 2.75) is 30.7 Å². The van der Waals surface area contributed by atoms with Crippen molar-refractivity contribution in [2.24, 2.45) is 0 Å². The zero-order valence-corrected chi connectivity index (χ0v) is 11.4. The number of likely N-dealkylation sites (tertiary alicyclic amines) is 1. The van der Waals surface area contributed by atoms with Crippen LogP contribution in [0.2, 0.25) is 0 Å². The van der Waals surface area contributed by atoms with Gasteiger partial charge in [-0.1, -0.05) is 6.92 Å². The van der Waals surface area contributed by atoms with Gasteiger partial charge >= 0.3 is 0 Å². The highest BCUT2D eigenvalue weighted by molar-refractivity contribution is 7.89. The lowest BCUT2D eigenvalue weighted by Gasteiger charge is -2.22. The number of nitrogens with zero attached hydrogens (tertiary/aromatic N) is 2. The van der Waals surface area contributed by atoms with Crippen molar-refractivity contribution in [2.75, 3.05) is 19.6 Å². The van der Waals surface area contributed by atoms with Crippen LogP contribution in [0.3, 0.4) is 0 Å². The Morgan fingerprint density at radius 3 is 3.06 bits per heavy atom. The molecule has 1 aliphatic rings. The molecule has 0 aromatic carbocycles. The molecule has 100 valence electrons. The molecular formula is C12H19N3O2S. The summed E-state index contributed by atoms with van der Waals surface area (Å²) in [7, 11) is -3.42. The van der Waals surface area contributed by atoms with Gasteiger partial charge in [-0.05, 0) is 38.1 Å². The second-order valence-electron chi connectivity index (χ2n) is 4.47. The first-order valence-electron chi connectivity index (χ1n) is 6.27. The summed E-state index contributed by atoms with van der Waals surface area (Å²) in [5.74, 6) is 0. The van der Waals surface area contributed by atoms with Crippen LogP contribution in [0.25, 0.3) is 0 Å². The number of hydrogen-bond acceptors (Lipinski definition) is 4. The van der Waals surface area contributed by atoms with Crippen LogP contribution in [0.1, 0.15) is 19.8 Å². The SMILES string of the molecule is CCN1CCCC1CNS(=O)(=O)c1cccnc1. The minimum atomic E-state index is -3.42. The number of rotatable bonds is 5. The highest BCUT2D eigenvalue weighted by Gasteiger charge is 2.24.